The molecule has 2 aromatic carbocycles. The number of ether oxygens (including phenoxy) is 1. The Bertz CT molecular complexity index is 709. The van der Waals surface area contributed by atoms with E-state index in [2.05, 4.69) is 67.2 Å². The lowest BCUT2D eigenvalue weighted by Crippen LogP contribution is -2.27. The van der Waals surface area contributed by atoms with Crippen molar-refractivity contribution >= 4 is 11.4 Å². The Kier molecular flexibility index (Phi) is 5.10. The molecule has 0 saturated heterocycles. The highest BCUT2D eigenvalue weighted by Gasteiger charge is 2.20. The Morgan fingerprint density at radius 1 is 0.917 bits per heavy atom. The van der Waals surface area contributed by atoms with Crippen LogP contribution in [0.2, 0.25) is 0 Å². The van der Waals surface area contributed by atoms with Crippen LogP contribution in [0.4, 0.5) is 11.4 Å². The van der Waals surface area contributed by atoms with Crippen LogP contribution < -0.4 is 9.80 Å². The lowest BCUT2D eigenvalue weighted by Gasteiger charge is -2.24. The molecule has 0 aliphatic heterocycles. The van der Waals surface area contributed by atoms with Gasteiger partial charge >= 0.3 is 0 Å². The molecule has 0 radical (unpaired) electrons. The molecule has 0 spiro atoms. The predicted molar refractivity (Wildman–Crippen MR) is 103 cm³/mol. The summed E-state index contributed by atoms with van der Waals surface area (Å²) in [6, 6.07) is 13.7. The average molecular weight is 324 g/mol. The Morgan fingerprint density at radius 3 is 2.12 bits per heavy atom. The Morgan fingerprint density at radius 2 is 1.54 bits per heavy atom. The summed E-state index contributed by atoms with van der Waals surface area (Å²) in [5.41, 5.74) is 8.20. The molecule has 0 fully saturated rings. The number of benzene rings is 2. The Labute approximate surface area is 145 Å². The first-order chi connectivity index (χ1) is 11.6. The SMILES string of the molecule is CCOCCN(CC)c1ccc2c(c1)-c1cc(N(C)C)ccc1C2. The van der Waals surface area contributed by atoms with E-state index in [1.54, 1.807) is 0 Å². The fraction of sp³-hybridized carbons (Fsp3) is 0.429. The molecule has 0 bridgehead atoms. The summed E-state index contributed by atoms with van der Waals surface area (Å²) in [5.74, 6) is 0. The first-order valence-corrected chi connectivity index (χ1v) is 8.90. The molecule has 0 unspecified atom stereocenters. The molecule has 0 N–H and O–H groups in total. The molecule has 24 heavy (non-hydrogen) atoms. The van der Waals surface area contributed by atoms with E-state index < -0.39 is 0 Å². The van der Waals surface area contributed by atoms with Crippen molar-refractivity contribution in [3.8, 4) is 11.1 Å². The predicted octanol–water partition coefficient (Wildman–Crippen LogP) is 4.19. The van der Waals surface area contributed by atoms with Gasteiger partial charge in [-0.15, -0.1) is 0 Å². The maximum absolute atomic E-state index is 5.53. The molecule has 0 aromatic heterocycles. The van der Waals surface area contributed by atoms with Crippen molar-refractivity contribution in [2.75, 3.05) is 50.2 Å². The fourth-order valence-corrected chi connectivity index (χ4v) is 3.41. The Hall–Kier alpha value is -2.00. The van der Waals surface area contributed by atoms with Gasteiger partial charge in [-0.1, -0.05) is 12.1 Å². The normalized spacial score (nSPS) is 12.0. The maximum atomic E-state index is 5.53. The third-order valence-electron chi connectivity index (χ3n) is 4.83. The van der Waals surface area contributed by atoms with Gasteiger partial charge in [0.2, 0.25) is 0 Å². The van der Waals surface area contributed by atoms with Crippen molar-refractivity contribution < 1.29 is 4.74 Å². The molecular formula is C21H28N2O. The van der Waals surface area contributed by atoms with E-state index in [0.29, 0.717) is 0 Å². The Balaban J connectivity index is 1.91. The van der Waals surface area contributed by atoms with Gasteiger partial charge in [-0.2, -0.15) is 0 Å². The highest BCUT2D eigenvalue weighted by Crippen LogP contribution is 2.40. The molecular weight excluding hydrogens is 296 g/mol. The summed E-state index contributed by atoms with van der Waals surface area (Å²) >= 11 is 0. The van der Waals surface area contributed by atoms with E-state index in [4.69, 9.17) is 4.74 Å². The molecule has 0 heterocycles. The molecule has 3 nitrogen and oxygen atoms in total. The number of hydrogen-bond donors (Lipinski definition) is 0. The summed E-state index contributed by atoms with van der Waals surface area (Å²) < 4.78 is 5.53. The summed E-state index contributed by atoms with van der Waals surface area (Å²) in [6.07, 6.45) is 1.05. The van der Waals surface area contributed by atoms with Crippen LogP contribution in [0.3, 0.4) is 0 Å². The van der Waals surface area contributed by atoms with Gasteiger partial charge in [0.15, 0.2) is 0 Å². The number of anilines is 2. The highest BCUT2D eigenvalue weighted by atomic mass is 16.5. The fourth-order valence-electron chi connectivity index (χ4n) is 3.41. The molecule has 0 atom stereocenters. The second kappa shape index (κ2) is 7.27. The molecule has 1 aliphatic rings. The van der Waals surface area contributed by atoms with Crippen LogP contribution in [0.15, 0.2) is 36.4 Å². The number of fused-ring (bicyclic) bond motifs is 3. The molecule has 2 aromatic rings. The number of nitrogens with zero attached hydrogens (tertiary/aromatic N) is 2. The van der Waals surface area contributed by atoms with Gasteiger partial charge in [0.25, 0.3) is 0 Å². The van der Waals surface area contributed by atoms with Gasteiger partial charge in [0.05, 0.1) is 6.61 Å². The van der Waals surface area contributed by atoms with Crippen molar-refractivity contribution in [1.29, 1.82) is 0 Å². The standard InChI is InChI=1S/C21H28N2O/c1-5-23(11-12-24-6-2)19-10-8-17-13-16-7-9-18(22(3)4)14-20(16)21(17)15-19/h7-10,14-15H,5-6,11-13H2,1-4H3. The molecule has 128 valence electrons. The lowest BCUT2D eigenvalue weighted by atomic mass is 10.0. The van der Waals surface area contributed by atoms with Gasteiger partial charge < -0.3 is 14.5 Å². The van der Waals surface area contributed by atoms with E-state index in [1.807, 2.05) is 6.92 Å². The van der Waals surface area contributed by atoms with E-state index in [-0.39, 0.29) is 0 Å². The smallest absolute Gasteiger partial charge is 0.0641 e. The van der Waals surface area contributed by atoms with Crippen LogP contribution in [-0.2, 0) is 11.2 Å². The number of hydrogen-bond acceptors (Lipinski definition) is 3. The van der Waals surface area contributed by atoms with Crippen LogP contribution in [0.1, 0.15) is 25.0 Å². The second-order valence-corrected chi connectivity index (χ2v) is 6.53. The summed E-state index contributed by atoms with van der Waals surface area (Å²) in [4.78, 5) is 4.56. The summed E-state index contributed by atoms with van der Waals surface area (Å²) in [6.45, 7) is 7.75. The molecule has 0 amide bonds. The van der Waals surface area contributed by atoms with E-state index in [1.165, 1.54) is 33.6 Å². The zero-order chi connectivity index (χ0) is 17.1. The number of rotatable bonds is 7. The first-order valence-electron chi connectivity index (χ1n) is 8.90. The van der Waals surface area contributed by atoms with Gasteiger partial charge in [-0.05, 0) is 66.8 Å². The molecule has 1 aliphatic carbocycles. The van der Waals surface area contributed by atoms with Gasteiger partial charge in [-0.3, -0.25) is 0 Å². The van der Waals surface area contributed by atoms with Crippen molar-refractivity contribution in [1.82, 2.24) is 0 Å². The molecule has 3 heteroatoms. The van der Waals surface area contributed by atoms with Gasteiger partial charge in [0, 0.05) is 45.2 Å². The quantitative estimate of drug-likeness (QED) is 0.606. The van der Waals surface area contributed by atoms with Crippen LogP contribution in [0.25, 0.3) is 11.1 Å². The second-order valence-electron chi connectivity index (χ2n) is 6.53. The zero-order valence-electron chi connectivity index (χ0n) is 15.3. The van der Waals surface area contributed by atoms with Crippen LogP contribution in [-0.4, -0.2) is 40.4 Å². The largest absolute Gasteiger partial charge is 0.380 e. The lowest BCUT2D eigenvalue weighted by molar-refractivity contribution is 0.154. The minimum Gasteiger partial charge on any atom is -0.380 e. The topological polar surface area (TPSA) is 15.7 Å². The highest BCUT2D eigenvalue weighted by molar-refractivity contribution is 5.82. The van der Waals surface area contributed by atoms with Gasteiger partial charge in [0.1, 0.15) is 0 Å². The number of likely N-dealkylation sites (N-methyl/N-ethyl adjacent to an activating group) is 1. The van der Waals surface area contributed by atoms with Gasteiger partial charge in [-0.25, -0.2) is 0 Å². The minimum atomic E-state index is 0.780. The summed E-state index contributed by atoms with van der Waals surface area (Å²) in [7, 11) is 4.20. The third-order valence-corrected chi connectivity index (χ3v) is 4.83. The minimum absolute atomic E-state index is 0.780. The third kappa shape index (κ3) is 3.27. The van der Waals surface area contributed by atoms with E-state index in [9.17, 15) is 0 Å². The van der Waals surface area contributed by atoms with Crippen molar-refractivity contribution in [2.24, 2.45) is 0 Å². The summed E-state index contributed by atoms with van der Waals surface area (Å²) in [5, 5.41) is 0. The van der Waals surface area contributed by atoms with Crippen molar-refractivity contribution in [2.45, 2.75) is 20.3 Å². The first kappa shape index (κ1) is 16.8. The zero-order valence-corrected chi connectivity index (χ0v) is 15.3. The molecule has 0 saturated carbocycles. The van der Waals surface area contributed by atoms with Crippen molar-refractivity contribution in [3.63, 3.8) is 0 Å². The van der Waals surface area contributed by atoms with Crippen molar-refractivity contribution in [3.05, 3.63) is 47.5 Å². The van der Waals surface area contributed by atoms with E-state index in [0.717, 1.165) is 32.7 Å². The van der Waals surface area contributed by atoms with E-state index >= 15 is 0 Å². The monoisotopic (exact) mass is 324 g/mol. The van der Waals surface area contributed by atoms with Crippen LogP contribution in [0, 0.1) is 0 Å². The van der Waals surface area contributed by atoms with Crippen LogP contribution in [0.5, 0.6) is 0 Å². The van der Waals surface area contributed by atoms with Crippen LogP contribution >= 0.6 is 0 Å². The molecule has 3 rings (SSSR count). The maximum Gasteiger partial charge on any atom is 0.0641 e. The average Bonchev–Trinajstić information content (AvgIpc) is 2.95.